The minimum atomic E-state index is -0.501. The second kappa shape index (κ2) is 9.30. The lowest BCUT2D eigenvalue weighted by Gasteiger charge is -2.28. The number of ketones is 1. The maximum Gasteiger partial charge on any atom is 0.312 e. The number of methoxy groups -OCH3 is 4. The number of ether oxygens (including phenoxy) is 6. The normalized spacial score (nSPS) is 17.1. The van der Waals surface area contributed by atoms with Crippen LogP contribution in [-0.4, -0.2) is 40.2 Å². The van der Waals surface area contributed by atoms with Crippen molar-refractivity contribution in [2.45, 2.75) is 12.3 Å². The van der Waals surface area contributed by atoms with Crippen molar-refractivity contribution in [1.29, 1.82) is 0 Å². The Morgan fingerprint density at radius 2 is 1.50 bits per heavy atom. The molecule has 0 spiro atoms. The maximum absolute atomic E-state index is 13.2. The highest BCUT2D eigenvalue weighted by Gasteiger charge is 2.39. The Morgan fingerprint density at radius 3 is 2.17 bits per heavy atom. The van der Waals surface area contributed by atoms with Gasteiger partial charge in [-0.15, -0.1) is 0 Å². The van der Waals surface area contributed by atoms with E-state index in [1.165, 1.54) is 21.3 Å². The maximum atomic E-state index is 13.2. The highest BCUT2D eigenvalue weighted by Crippen LogP contribution is 2.51. The third kappa shape index (κ3) is 3.90. The molecule has 0 aromatic heterocycles. The van der Waals surface area contributed by atoms with Gasteiger partial charge in [0.15, 0.2) is 17.3 Å². The van der Waals surface area contributed by atoms with Crippen LogP contribution in [0.2, 0.25) is 0 Å². The van der Waals surface area contributed by atoms with Gasteiger partial charge in [0, 0.05) is 23.1 Å². The van der Waals surface area contributed by atoms with Crippen LogP contribution in [0, 0.1) is 0 Å². The Balaban J connectivity index is 1.62. The molecule has 0 saturated carbocycles. The van der Waals surface area contributed by atoms with Crippen LogP contribution < -0.4 is 28.4 Å². The van der Waals surface area contributed by atoms with Gasteiger partial charge in [-0.2, -0.15) is 0 Å². The highest BCUT2D eigenvalue weighted by atomic mass is 16.5. The zero-order valence-corrected chi connectivity index (χ0v) is 20.2. The van der Waals surface area contributed by atoms with Crippen molar-refractivity contribution in [3.63, 3.8) is 0 Å². The van der Waals surface area contributed by atoms with Crippen molar-refractivity contribution in [2.24, 2.45) is 0 Å². The summed E-state index contributed by atoms with van der Waals surface area (Å²) in [4.78, 5) is 25.8. The minimum absolute atomic E-state index is 0.0321. The summed E-state index contributed by atoms with van der Waals surface area (Å²) in [7, 11) is 6.20. The third-order valence-electron chi connectivity index (χ3n) is 6.30. The van der Waals surface area contributed by atoms with Crippen molar-refractivity contribution >= 4 is 17.8 Å². The van der Waals surface area contributed by atoms with E-state index in [0.29, 0.717) is 51.2 Å². The van der Waals surface area contributed by atoms with Crippen LogP contribution >= 0.6 is 0 Å². The molecule has 36 heavy (non-hydrogen) atoms. The number of benzene rings is 3. The number of hydrogen-bond acceptors (Lipinski definition) is 8. The van der Waals surface area contributed by atoms with Gasteiger partial charge in [-0.25, -0.2) is 0 Å². The summed E-state index contributed by atoms with van der Waals surface area (Å²) in [5.74, 6) is 1.93. The van der Waals surface area contributed by atoms with E-state index in [-0.39, 0.29) is 18.0 Å². The lowest BCUT2D eigenvalue weighted by atomic mass is 9.84. The quantitative estimate of drug-likeness (QED) is 0.278. The van der Waals surface area contributed by atoms with Gasteiger partial charge >= 0.3 is 5.97 Å². The monoisotopic (exact) mass is 488 g/mol. The SMILES string of the molecule is COc1ccc(/C=C2/Oc3c(ccc4c3C(c3cc(OC)c(OC)cc3OC)CC(=O)O4)C2=O)cc1. The molecule has 184 valence electrons. The van der Waals surface area contributed by atoms with Crippen molar-refractivity contribution < 1.29 is 38.0 Å². The number of allylic oxidation sites excluding steroid dienone is 1. The topological polar surface area (TPSA) is 89.5 Å². The third-order valence-corrected chi connectivity index (χ3v) is 6.30. The molecule has 1 unspecified atom stereocenters. The first-order valence-electron chi connectivity index (χ1n) is 11.2. The zero-order chi connectivity index (χ0) is 25.4. The fourth-order valence-corrected chi connectivity index (χ4v) is 4.55. The van der Waals surface area contributed by atoms with Crippen LogP contribution in [-0.2, 0) is 4.79 Å². The molecule has 3 aromatic carbocycles. The Morgan fingerprint density at radius 1 is 0.806 bits per heavy atom. The number of carbonyl (C=O) groups excluding carboxylic acids is 2. The first-order chi connectivity index (χ1) is 17.5. The van der Waals surface area contributed by atoms with Gasteiger partial charge in [0.1, 0.15) is 23.0 Å². The first-order valence-corrected chi connectivity index (χ1v) is 11.2. The average molecular weight is 488 g/mol. The molecule has 0 radical (unpaired) electrons. The van der Waals surface area contributed by atoms with Gasteiger partial charge in [-0.1, -0.05) is 12.1 Å². The molecule has 3 aromatic rings. The first kappa shape index (κ1) is 23.3. The lowest BCUT2D eigenvalue weighted by molar-refractivity contribution is -0.135. The summed E-state index contributed by atoms with van der Waals surface area (Å²) >= 11 is 0. The van der Waals surface area contributed by atoms with E-state index in [4.69, 9.17) is 28.4 Å². The minimum Gasteiger partial charge on any atom is -0.497 e. The summed E-state index contributed by atoms with van der Waals surface area (Å²) in [5, 5.41) is 0. The van der Waals surface area contributed by atoms with Gasteiger partial charge in [-0.3, -0.25) is 9.59 Å². The molecule has 0 aliphatic carbocycles. The van der Waals surface area contributed by atoms with Crippen molar-refractivity contribution in [3.8, 4) is 34.5 Å². The van der Waals surface area contributed by atoms with E-state index in [1.54, 1.807) is 49.6 Å². The lowest BCUT2D eigenvalue weighted by Crippen LogP contribution is -2.22. The zero-order valence-electron chi connectivity index (χ0n) is 20.2. The second-order valence-corrected chi connectivity index (χ2v) is 8.25. The van der Waals surface area contributed by atoms with E-state index >= 15 is 0 Å². The summed E-state index contributed by atoms with van der Waals surface area (Å²) in [6.07, 6.45) is 1.71. The van der Waals surface area contributed by atoms with Crippen LogP contribution in [0.4, 0.5) is 0 Å². The van der Waals surface area contributed by atoms with Crippen LogP contribution in [0.5, 0.6) is 34.5 Å². The van der Waals surface area contributed by atoms with E-state index in [9.17, 15) is 9.59 Å². The van der Waals surface area contributed by atoms with E-state index in [1.807, 2.05) is 12.1 Å². The number of carbonyl (C=O) groups is 2. The molecular weight excluding hydrogens is 464 g/mol. The largest absolute Gasteiger partial charge is 0.497 e. The fourth-order valence-electron chi connectivity index (χ4n) is 4.55. The van der Waals surface area contributed by atoms with Gasteiger partial charge in [0.25, 0.3) is 0 Å². The predicted molar refractivity (Wildman–Crippen MR) is 131 cm³/mol. The molecule has 2 heterocycles. The predicted octanol–water partition coefficient (Wildman–Crippen LogP) is 4.78. The Labute approximate surface area is 207 Å². The number of esters is 1. The Hall–Kier alpha value is -4.46. The fraction of sp³-hybridized carbons (Fsp3) is 0.214. The molecule has 5 rings (SSSR count). The number of hydrogen-bond donors (Lipinski definition) is 0. The summed E-state index contributed by atoms with van der Waals surface area (Å²) in [5.41, 5.74) is 2.47. The smallest absolute Gasteiger partial charge is 0.312 e. The molecule has 0 N–H and O–H groups in total. The van der Waals surface area contributed by atoms with E-state index in [0.717, 1.165) is 5.56 Å². The van der Waals surface area contributed by atoms with Crippen LogP contribution in [0.3, 0.4) is 0 Å². The van der Waals surface area contributed by atoms with E-state index in [2.05, 4.69) is 0 Å². The van der Waals surface area contributed by atoms with Gasteiger partial charge < -0.3 is 28.4 Å². The summed E-state index contributed by atoms with van der Waals surface area (Å²) in [6.45, 7) is 0. The number of fused-ring (bicyclic) bond motifs is 3. The van der Waals surface area contributed by atoms with Crippen molar-refractivity contribution in [3.05, 3.63) is 76.5 Å². The standard InChI is InChI=1S/C28H24O8/c1-31-16-7-5-15(6-8-16)11-24-27(30)17-9-10-20-26(28(17)36-24)19(13-25(29)35-20)18-12-22(33-3)23(34-4)14-21(18)32-2/h5-12,14,19H,13H2,1-4H3/b24-11+. The highest BCUT2D eigenvalue weighted by molar-refractivity contribution is 6.15. The molecule has 2 aliphatic heterocycles. The molecule has 8 heteroatoms. The van der Waals surface area contributed by atoms with E-state index < -0.39 is 11.9 Å². The van der Waals surface area contributed by atoms with Crippen molar-refractivity contribution in [2.75, 3.05) is 28.4 Å². The van der Waals surface area contributed by atoms with Crippen LogP contribution in [0.1, 0.15) is 39.4 Å². The molecule has 8 nitrogen and oxygen atoms in total. The van der Waals surface area contributed by atoms with Crippen molar-refractivity contribution in [1.82, 2.24) is 0 Å². The summed E-state index contributed by atoms with van der Waals surface area (Å²) in [6, 6.07) is 14.0. The van der Waals surface area contributed by atoms with Crippen LogP contribution in [0.25, 0.3) is 6.08 Å². The molecule has 2 aliphatic rings. The molecule has 0 bridgehead atoms. The molecule has 0 fully saturated rings. The average Bonchev–Trinajstić information content (AvgIpc) is 3.22. The summed E-state index contributed by atoms with van der Waals surface area (Å²) < 4.78 is 33.4. The Bertz CT molecular complexity index is 1390. The van der Waals surface area contributed by atoms with Gasteiger partial charge in [0.2, 0.25) is 5.78 Å². The number of rotatable bonds is 6. The van der Waals surface area contributed by atoms with Crippen LogP contribution in [0.15, 0.2) is 54.3 Å². The number of Topliss-reactive ketones (excluding diaryl/α,β-unsaturated/α-hetero) is 1. The molecule has 1 atom stereocenters. The Kier molecular flexibility index (Phi) is 6.01. The molecule has 0 amide bonds. The van der Waals surface area contributed by atoms with Gasteiger partial charge in [-0.05, 0) is 42.0 Å². The second-order valence-electron chi connectivity index (χ2n) is 8.25. The molecule has 0 saturated heterocycles. The molecular formula is C28H24O8. The van der Waals surface area contributed by atoms with Gasteiger partial charge in [0.05, 0.1) is 40.4 Å².